The molecule has 2 aliphatic rings. The predicted molar refractivity (Wildman–Crippen MR) is 152 cm³/mol. The van der Waals surface area contributed by atoms with Crippen molar-refractivity contribution in [2.75, 3.05) is 26.2 Å². The summed E-state index contributed by atoms with van der Waals surface area (Å²) in [6, 6.07) is 17.5. The van der Waals surface area contributed by atoms with E-state index in [1.54, 1.807) is 0 Å². The van der Waals surface area contributed by atoms with E-state index in [1.807, 2.05) is 42.5 Å². The van der Waals surface area contributed by atoms with E-state index in [2.05, 4.69) is 33.0 Å². The van der Waals surface area contributed by atoms with Crippen LogP contribution in [0, 0.1) is 11.3 Å². The van der Waals surface area contributed by atoms with Crippen LogP contribution in [0.15, 0.2) is 54.6 Å². The van der Waals surface area contributed by atoms with E-state index >= 15 is 0 Å². The Hall–Kier alpha value is -3.39. The molecule has 1 heterocycles. The minimum Gasteiger partial charge on any atom is -0.370 e. The first-order valence-electron chi connectivity index (χ1n) is 14.1. The summed E-state index contributed by atoms with van der Waals surface area (Å²) < 4.78 is 0. The number of rotatable bonds is 10. The lowest BCUT2D eigenvalue weighted by Gasteiger charge is -2.30. The second-order valence-electron chi connectivity index (χ2n) is 10.6. The Morgan fingerprint density at radius 3 is 2.39 bits per heavy atom. The second-order valence-corrected chi connectivity index (χ2v) is 10.6. The molecule has 2 aromatic rings. The van der Waals surface area contributed by atoms with Gasteiger partial charge in [0.2, 0.25) is 5.91 Å². The van der Waals surface area contributed by atoms with Gasteiger partial charge in [-0.15, -0.1) is 0 Å². The number of nitrogens with zero attached hydrogens (tertiary/aromatic N) is 1. The number of amides is 2. The summed E-state index contributed by atoms with van der Waals surface area (Å²) in [5.41, 5.74) is 8.23. The Morgan fingerprint density at radius 2 is 1.68 bits per heavy atom. The molecule has 4 rings (SSSR count). The lowest BCUT2D eigenvalue weighted by Crippen LogP contribution is -2.49. The highest BCUT2D eigenvalue weighted by Crippen LogP contribution is 2.25. The fraction of sp³-hybridized carbons (Fsp3) is 0.500. The van der Waals surface area contributed by atoms with Crippen molar-refractivity contribution >= 4 is 17.8 Å². The van der Waals surface area contributed by atoms with Crippen LogP contribution in [0.4, 0.5) is 0 Å². The highest BCUT2D eigenvalue weighted by molar-refractivity contribution is 5.94. The van der Waals surface area contributed by atoms with Crippen LogP contribution in [-0.2, 0) is 4.79 Å². The summed E-state index contributed by atoms with van der Waals surface area (Å²) in [4.78, 5) is 28.5. The standard InChI is InChI=1S/C30H42N6O2/c31-30(32)33-18-7-12-27-29(38)36(21-22-8-3-1-4-9-22)19-17-26(35-27)20-34-28(37)25-15-13-24(14-16-25)23-10-5-2-6-11-23/h2,5-6,10-11,13-16,22,26-27,35H,1,3-4,7-9,12,17-21H2,(H,34,37)(H4,31,32,33)/t26-,27+/m1/s1. The average Bonchev–Trinajstić information content (AvgIpc) is 3.09. The molecule has 0 aromatic heterocycles. The minimum absolute atomic E-state index is 0.00798. The van der Waals surface area contributed by atoms with Gasteiger partial charge in [-0.1, -0.05) is 61.7 Å². The van der Waals surface area contributed by atoms with E-state index in [9.17, 15) is 9.59 Å². The Bertz CT molecular complexity index is 1050. The normalized spacial score (nSPS) is 20.5. The summed E-state index contributed by atoms with van der Waals surface area (Å²) >= 11 is 0. The number of benzene rings is 2. The van der Waals surface area contributed by atoms with Gasteiger partial charge >= 0.3 is 0 Å². The van der Waals surface area contributed by atoms with Crippen molar-refractivity contribution in [1.82, 2.24) is 20.9 Å². The third-order valence-corrected chi connectivity index (χ3v) is 7.75. The van der Waals surface area contributed by atoms with Gasteiger partial charge in [0.15, 0.2) is 5.96 Å². The summed E-state index contributed by atoms with van der Waals surface area (Å²) in [6.45, 7) is 2.56. The molecule has 38 heavy (non-hydrogen) atoms. The zero-order valence-corrected chi connectivity index (χ0v) is 22.3. The number of nitrogens with two attached hydrogens (primary N) is 1. The number of hydrogen-bond donors (Lipinski definition) is 5. The molecule has 0 spiro atoms. The molecular formula is C30H42N6O2. The molecule has 1 saturated carbocycles. The van der Waals surface area contributed by atoms with E-state index in [-0.39, 0.29) is 29.9 Å². The van der Waals surface area contributed by atoms with Crippen molar-refractivity contribution in [1.29, 1.82) is 5.41 Å². The fourth-order valence-corrected chi connectivity index (χ4v) is 5.60. The summed E-state index contributed by atoms with van der Waals surface area (Å²) in [6.07, 6.45) is 8.40. The van der Waals surface area contributed by atoms with Crippen molar-refractivity contribution in [3.05, 3.63) is 60.2 Å². The maximum Gasteiger partial charge on any atom is 0.251 e. The molecule has 2 aromatic carbocycles. The van der Waals surface area contributed by atoms with Gasteiger partial charge in [-0.25, -0.2) is 0 Å². The summed E-state index contributed by atoms with van der Waals surface area (Å²) in [5, 5.41) is 16.8. The van der Waals surface area contributed by atoms with Crippen molar-refractivity contribution in [2.24, 2.45) is 11.7 Å². The van der Waals surface area contributed by atoms with Crippen LogP contribution >= 0.6 is 0 Å². The summed E-state index contributed by atoms with van der Waals surface area (Å²) in [7, 11) is 0. The maximum atomic E-state index is 13.5. The van der Waals surface area contributed by atoms with Crippen molar-refractivity contribution < 1.29 is 9.59 Å². The van der Waals surface area contributed by atoms with E-state index < -0.39 is 0 Å². The van der Waals surface area contributed by atoms with E-state index in [0.29, 0.717) is 37.5 Å². The Kier molecular flexibility index (Phi) is 10.1. The van der Waals surface area contributed by atoms with Crippen molar-refractivity contribution in [2.45, 2.75) is 63.5 Å². The van der Waals surface area contributed by atoms with Gasteiger partial charge in [0.25, 0.3) is 5.91 Å². The molecule has 2 amide bonds. The van der Waals surface area contributed by atoms with Crippen molar-refractivity contribution in [3.63, 3.8) is 0 Å². The van der Waals surface area contributed by atoms with Gasteiger partial charge in [0.1, 0.15) is 0 Å². The lowest BCUT2D eigenvalue weighted by molar-refractivity contribution is -0.133. The monoisotopic (exact) mass is 518 g/mol. The Morgan fingerprint density at radius 1 is 0.974 bits per heavy atom. The molecule has 8 nitrogen and oxygen atoms in total. The highest BCUT2D eigenvalue weighted by atomic mass is 16.2. The van der Waals surface area contributed by atoms with Gasteiger partial charge in [-0.3, -0.25) is 15.0 Å². The SMILES string of the molecule is N=C(N)NCCC[C@@H]1N[C@@H](CNC(=O)c2ccc(-c3ccccc3)cc2)CCN(CC2CCCCC2)C1=O. The van der Waals surface area contributed by atoms with Crippen molar-refractivity contribution in [3.8, 4) is 11.1 Å². The molecule has 2 fully saturated rings. The van der Waals surface area contributed by atoms with Crippen LogP contribution < -0.4 is 21.7 Å². The number of carbonyl (C=O) groups is 2. The van der Waals surface area contributed by atoms with E-state index in [1.165, 1.54) is 32.1 Å². The molecule has 1 aliphatic heterocycles. The number of nitrogens with one attached hydrogen (secondary N) is 4. The molecule has 6 N–H and O–H groups in total. The molecule has 2 atom stereocenters. The first kappa shape index (κ1) is 27.6. The largest absolute Gasteiger partial charge is 0.370 e. The van der Waals surface area contributed by atoms with Gasteiger partial charge in [0, 0.05) is 37.8 Å². The fourth-order valence-electron chi connectivity index (χ4n) is 5.60. The minimum atomic E-state index is -0.304. The van der Waals surface area contributed by atoms with Crippen LogP contribution in [0.3, 0.4) is 0 Å². The van der Waals surface area contributed by atoms with Crippen LogP contribution in [-0.4, -0.2) is 60.9 Å². The molecule has 0 unspecified atom stereocenters. The van der Waals surface area contributed by atoms with Gasteiger partial charge in [-0.2, -0.15) is 0 Å². The molecular weight excluding hydrogens is 476 g/mol. The molecule has 204 valence electrons. The zero-order valence-electron chi connectivity index (χ0n) is 22.3. The third-order valence-electron chi connectivity index (χ3n) is 7.75. The Balaban J connectivity index is 1.34. The van der Waals surface area contributed by atoms with Gasteiger partial charge in [-0.05, 0) is 61.3 Å². The second kappa shape index (κ2) is 14.0. The van der Waals surface area contributed by atoms with Crippen LogP contribution in [0.5, 0.6) is 0 Å². The lowest BCUT2D eigenvalue weighted by atomic mass is 9.89. The quantitative estimate of drug-likeness (QED) is 0.187. The topological polar surface area (TPSA) is 123 Å². The van der Waals surface area contributed by atoms with Crippen LogP contribution in [0.2, 0.25) is 0 Å². The Labute approximate surface area is 226 Å². The van der Waals surface area contributed by atoms with Gasteiger partial charge < -0.3 is 26.6 Å². The smallest absolute Gasteiger partial charge is 0.251 e. The van der Waals surface area contributed by atoms with E-state index in [4.69, 9.17) is 11.1 Å². The summed E-state index contributed by atoms with van der Waals surface area (Å²) in [5.74, 6) is 0.580. The van der Waals surface area contributed by atoms with Crippen LogP contribution in [0.1, 0.15) is 61.7 Å². The maximum absolute atomic E-state index is 13.5. The first-order valence-corrected chi connectivity index (χ1v) is 14.1. The molecule has 0 bridgehead atoms. The zero-order chi connectivity index (χ0) is 26.7. The molecule has 8 heteroatoms. The number of guanidine groups is 1. The van der Waals surface area contributed by atoms with Gasteiger partial charge in [0.05, 0.1) is 6.04 Å². The molecule has 0 radical (unpaired) electrons. The predicted octanol–water partition coefficient (Wildman–Crippen LogP) is 3.49. The molecule has 1 aliphatic carbocycles. The highest BCUT2D eigenvalue weighted by Gasteiger charge is 2.32. The third kappa shape index (κ3) is 8.05. The van der Waals surface area contributed by atoms with Crippen LogP contribution in [0.25, 0.3) is 11.1 Å². The van der Waals surface area contributed by atoms with E-state index in [0.717, 1.165) is 30.5 Å². The number of hydrogen-bond acceptors (Lipinski definition) is 4. The first-order chi connectivity index (χ1) is 18.5. The molecule has 1 saturated heterocycles. The average molecular weight is 519 g/mol. The number of carbonyl (C=O) groups excluding carboxylic acids is 2.